The number of carbonyl (C=O) groups is 1. The van der Waals surface area contributed by atoms with E-state index in [2.05, 4.69) is 9.97 Å². The lowest BCUT2D eigenvalue weighted by atomic mass is 10.1. The molecule has 4 rings (SSSR count). The van der Waals surface area contributed by atoms with Crippen LogP contribution in [0.2, 0.25) is 0 Å². The Morgan fingerprint density at radius 3 is 2.69 bits per heavy atom. The van der Waals surface area contributed by atoms with Gasteiger partial charge in [-0.3, -0.25) is 0 Å². The van der Waals surface area contributed by atoms with Crippen molar-refractivity contribution in [3.8, 4) is 10.6 Å². The summed E-state index contributed by atoms with van der Waals surface area (Å²) in [7, 11) is 0. The van der Waals surface area contributed by atoms with Crippen molar-refractivity contribution in [1.82, 2.24) is 9.97 Å². The molecule has 0 saturated carbocycles. The van der Waals surface area contributed by atoms with Crippen LogP contribution in [0.1, 0.15) is 33.5 Å². The minimum absolute atomic E-state index is 0.317. The van der Waals surface area contributed by atoms with Crippen LogP contribution in [0.25, 0.3) is 16.3 Å². The maximum Gasteiger partial charge on any atom is 0.416 e. The zero-order valence-electron chi connectivity index (χ0n) is 16.8. The summed E-state index contributed by atoms with van der Waals surface area (Å²) in [5, 5.41) is 9.47. The molecular weight excluding hydrogens is 445 g/mol. The molecule has 0 aliphatic heterocycles. The van der Waals surface area contributed by atoms with Crippen molar-refractivity contribution in [1.29, 1.82) is 0 Å². The van der Waals surface area contributed by atoms with Crippen LogP contribution in [-0.2, 0) is 28.5 Å². The first-order valence-corrected chi connectivity index (χ1v) is 10.4. The van der Waals surface area contributed by atoms with E-state index in [1.165, 1.54) is 23.5 Å². The molecule has 2 heterocycles. The van der Waals surface area contributed by atoms with Gasteiger partial charge in [0.1, 0.15) is 22.2 Å². The van der Waals surface area contributed by atoms with E-state index in [0.717, 1.165) is 22.7 Å². The van der Waals surface area contributed by atoms with Crippen LogP contribution >= 0.6 is 11.3 Å². The molecule has 6 nitrogen and oxygen atoms in total. The molecule has 2 aromatic heterocycles. The zero-order valence-corrected chi connectivity index (χ0v) is 17.6. The first-order chi connectivity index (χ1) is 15.2. The summed E-state index contributed by atoms with van der Waals surface area (Å²) in [6.45, 7) is 1.32. The van der Waals surface area contributed by atoms with Crippen molar-refractivity contribution in [2.75, 3.05) is 6.61 Å². The Morgan fingerprint density at radius 1 is 1.25 bits per heavy atom. The highest BCUT2D eigenvalue weighted by Gasteiger charge is 2.30. The standard InChI is InChI=1S/C22H17F3N2O4S/c1-12-17(32-21(26-12)13-6-8-14(9-7-13)22(23,24)25)10-18-27-20-15(30-11-19(28)29)4-2-3-5-16(20)31-18/h2-4,6-9H,5,10-11H2,1H3,(H,28,29). The second-order valence-corrected chi connectivity index (χ2v) is 8.09. The van der Waals surface area contributed by atoms with Gasteiger partial charge in [0, 0.05) is 16.9 Å². The maximum absolute atomic E-state index is 12.8. The fourth-order valence-electron chi connectivity index (χ4n) is 3.13. The van der Waals surface area contributed by atoms with E-state index >= 15 is 0 Å². The molecule has 0 bridgehead atoms. The van der Waals surface area contributed by atoms with Crippen LogP contribution in [-0.4, -0.2) is 27.7 Å². The van der Waals surface area contributed by atoms with Gasteiger partial charge in [-0.25, -0.2) is 14.8 Å². The number of halogens is 3. The number of ether oxygens (including phenoxy) is 1. The number of aliphatic carboxylic acids is 1. The van der Waals surface area contributed by atoms with Gasteiger partial charge in [0.25, 0.3) is 0 Å². The van der Waals surface area contributed by atoms with Crippen molar-refractivity contribution in [3.05, 3.63) is 76.0 Å². The van der Waals surface area contributed by atoms with Gasteiger partial charge in [-0.2, -0.15) is 13.2 Å². The third-order valence-electron chi connectivity index (χ3n) is 4.68. The molecule has 3 aromatic rings. The number of benzene rings is 1. The molecule has 0 atom stereocenters. The fourth-order valence-corrected chi connectivity index (χ4v) is 4.19. The highest BCUT2D eigenvalue weighted by Crippen LogP contribution is 2.34. The fraction of sp³-hybridized carbons (Fsp3) is 0.227. The number of nitrogens with zero attached hydrogens (tertiary/aromatic N) is 2. The number of hydrogen-bond donors (Lipinski definition) is 1. The molecule has 10 heteroatoms. The van der Waals surface area contributed by atoms with E-state index in [4.69, 9.17) is 14.3 Å². The smallest absolute Gasteiger partial charge is 0.416 e. The molecule has 0 saturated heterocycles. The second-order valence-electron chi connectivity index (χ2n) is 7.00. The first kappa shape index (κ1) is 21.8. The molecule has 1 aliphatic carbocycles. The molecule has 1 aromatic carbocycles. The van der Waals surface area contributed by atoms with E-state index in [9.17, 15) is 18.0 Å². The first-order valence-electron chi connectivity index (χ1n) is 9.55. The third-order valence-corrected chi connectivity index (χ3v) is 5.88. The van der Waals surface area contributed by atoms with Gasteiger partial charge in [0.15, 0.2) is 12.5 Å². The molecule has 1 N–H and O–H groups in total. The van der Waals surface area contributed by atoms with E-state index in [1.54, 1.807) is 12.2 Å². The summed E-state index contributed by atoms with van der Waals surface area (Å²) in [4.78, 5) is 20.7. The lowest BCUT2D eigenvalue weighted by molar-refractivity contribution is -0.140. The molecule has 32 heavy (non-hydrogen) atoms. The van der Waals surface area contributed by atoms with E-state index < -0.39 is 24.3 Å². The van der Waals surface area contributed by atoms with Crippen molar-refractivity contribution >= 4 is 23.1 Å². The number of alkyl halides is 3. The Hall–Kier alpha value is -3.40. The Morgan fingerprint density at radius 2 is 2.00 bits per heavy atom. The molecule has 1 aliphatic rings. The Balaban J connectivity index is 1.55. The predicted octanol–water partition coefficient (Wildman–Crippen LogP) is 5.27. The van der Waals surface area contributed by atoms with Gasteiger partial charge in [-0.1, -0.05) is 24.3 Å². The van der Waals surface area contributed by atoms with Crippen molar-refractivity contribution in [2.24, 2.45) is 0 Å². The minimum Gasteiger partial charge on any atom is -0.480 e. The van der Waals surface area contributed by atoms with Crippen LogP contribution in [0.4, 0.5) is 13.2 Å². The third kappa shape index (κ3) is 4.75. The number of rotatable bonds is 6. The van der Waals surface area contributed by atoms with Crippen molar-refractivity contribution in [3.63, 3.8) is 0 Å². The number of fused-ring (bicyclic) bond motifs is 1. The van der Waals surface area contributed by atoms with Crippen LogP contribution in [0, 0.1) is 6.92 Å². The summed E-state index contributed by atoms with van der Waals surface area (Å²) in [6, 6.07) is 4.88. The maximum atomic E-state index is 12.8. The summed E-state index contributed by atoms with van der Waals surface area (Å²) >= 11 is 1.36. The topological polar surface area (TPSA) is 85.5 Å². The quantitative estimate of drug-likeness (QED) is 0.537. The summed E-state index contributed by atoms with van der Waals surface area (Å²) in [6.07, 6.45) is 1.68. The number of carboxylic acids is 1. The van der Waals surface area contributed by atoms with E-state index in [0.29, 0.717) is 46.5 Å². The zero-order chi connectivity index (χ0) is 22.9. The van der Waals surface area contributed by atoms with Crippen molar-refractivity contribution in [2.45, 2.75) is 25.9 Å². The van der Waals surface area contributed by atoms with Gasteiger partial charge in [0.05, 0.1) is 17.7 Å². The molecular formula is C22H17F3N2O4S. The molecule has 0 radical (unpaired) electrons. The monoisotopic (exact) mass is 462 g/mol. The average molecular weight is 462 g/mol. The van der Waals surface area contributed by atoms with Crippen LogP contribution in [0.15, 0.2) is 46.9 Å². The van der Waals surface area contributed by atoms with Crippen LogP contribution < -0.4 is 0 Å². The number of oxazole rings is 1. The summed E-state index contributed by atoms with van der Waals surface area (Å²) < 4.78 is 49.6. The van der Waals surface area contributed by atoms with Gasteiger partial charge in [0.2, 0.25) is 0 Å². The van der Waals surface area contributed by atoms with Crippen molar-refractivity contribution < 1.29 is 32.2 Å². The Kier molecular flexibility index (Phi) is 5.88. The number of thiazole rings is 1. The highest BCUT2D eigenvalue weighted by atomic mass is 32.1. The summed E-state index contributed by atoms with van der Waals surface area (Å²) in [5.74, 6) is 0.203. The molecule has 166 valence electrons. The van der Waals surface area contributed by atoms with Crippen LogP contribution in [0.3, 0.4) is 0 Å². The van der Waals surface area contributed by atoms with Crippen LogP contribution in [0.5, 0.6) is 0 Å². The highest BCUT2D eigenvalue weighted by molar-refractivity contribution is 7.15. The van der Waals surface area contributed by atoms with Gasteiger partial charge in [-0.15, -0.1) is 11.3 Å². The molecule has 0 fully saturated rings. The largest absolute Gasteiger partial charge is 0.480 e. The van der Waals surface area contributed by atoms with Gasteiger partial charge < -0.3 is 14.3 Å². The second kappa shape index (κ2) is 8.62. The molecule has 0 spiro atoms. The summed E-state index contributed by atoms with van der Waals surface area (Å²) in [5.41, 5.74) is 1.07. The average Bonchev–Trinajstić information content (AvgIpc) is 3.24. The predicted molar refractivity (Wildman–Crippen MR) is 111 cm³/mol. The van der Waals surface area contributed by atoms with E-state index in [1.807, 2.05) is 13.0 Å². The normalized spacial score (nSPS) is 13.4. The number of aromatic nitrogens is 2. The number of hydrogen-bond acceptors (Lipinski definition) is 6. The number of aryl methyl sites for hydroxylation is 1. The lowest BCUT2D eigenvalue weighted by Crippen LogP contribution is -2.07. The Bertz CT molecular complexity index is 1210. The lowest BCUT2D eigenvalue weighted by Gasteiger charge is -2.06. The minimum atomic E-state index is -4.39. The van der Waals surface area contributed by atoms with E-state index in [-0.39, 0.29) is 0 Å². The van der Waals surface area contributed by atoms with Gasteiger partial charge in [-0.05, 0) is 25.1 Å². The number of allylic oxidation sites excluding steroid dienone is 3. The van der Waals surface area contributed by atoms with Gasteiger partial charge >= 0.3 is 12.1 Å². The number of carboxylic acid groups (broad SMARTS) is 1. The Labute approximate surface area is 184 Å². The SMILES string of the molecule is Cc1nc(-c2ccc(C(F)(F)F)cc2)sc1Cc1nc2c(o1)CC=CC=C2OCC(=O)O. The molecule has 0 unspecified atom stereocenters. The molecule has 0 amide bonds.